The summed E-state index contributed by atoms with van der Waals surface area (Å²) >= 11 is 1.45. The first kappa shape index (κ1) is 41.6. The molecule has 2 fully saturated rings. The predicted molar refractivity (Wildman–Crippen MR) is 217 cm³/mol. The molecule has 308 valence electrons. The highest BCUT2D eigenvalue weighted by Gasteiger charge is 2.40. The summed E-state index contributed by atoms with van der Waals surface area (Å²) in [5.74, 6) is -0.899. The van der Waals surface area contributed by atoms with Gasteiger partial charge in [-0.05, 0) is 61.3 Å². The molecular weight excluding hydrogens is 767 g/mol. The molecule has 4 atom stereocenters. The number of amides is 7. The van der Waals surface area contributed by atoms with Crippen LogP contribution in [-0.4, -0.2) is 106 Å². The number of aromatic nitrogens is 3. The lowest BCUT2D eigenvalue weighted by atomic mass is 10.0. The van der Waals surface area contributed by atoms with Crippen molar-refractivity contribution < 1.29 is 38.2 Å². The number of hydrogen-bond donors (Lipinski definition) is 5. The summed E-state index contributed by atoms with van der Waals surface area (Å²) in [6, 6.07) is 9.70. The average Bonchev–Trinajstić information content (AvgIpc) is 4.04. The highest BCUT2D eigenvalue weighted by molar-refractivity contribution is 7.21. The number of likely N-dealkylation sites (tertiary alicyclic amines) is 2. The van der Waals surface area contributed by atoms with Crippen molar-refractivity contribution in [1.29, 1.82) is 0 Å². The molecule has 0 spiro atoms. The second-order valence-corrected chi connectivity index (χ2v) is 16.0. The minimum atomic E-state index is -0.884. The van der Waals surface area contributed by atoms with E-state index in [1.54, 1.807) is 43.1 Å². The fourth-order valence-corrected chi connectivity index (χ4v) is 8.31. The molecule has 2 aliphatic rings. The van der Waals surface area contributed by atoms with E-state index >= 15 is 0 Å². The summed E-state index contributed by atoms with van der Waals surface area (Å²) in [6.45, 7) is 8.21. The number of thiazole rings is 1. The average molecular weight is 816 g/mol. The van der Waals surface area contributed by atoms with E-state index in [1.807, 2.05) is 38.1 Å². The number of ether oxygens (including phenoxy) is 2. The zero-order chi connectivity index (χ0) is 41.7. The van der Waals surface area contributed by atoms with E-state index in [2.05, 4.69) is 36.0 Å². The van der Waals surface area contributed by atoms with Gasteiger partial charge in [0.15, 0.2) is 0 Å². The number of anilines is 1. The van der Waals surface area contributed by atoms with Crippen molar-refractivity contribution in [3.63, 3.8) is 0 Å². The number of H-pyrrole nitrogens is 1. The van der Waals surface area contributed by atoms with Gasteiger partial charge in [0.1, 0.15) is 29.0 Å². The molecule has 17 nitrogen and oxygen atoms in total. The molecule has 58 heavy (non-hydrogen) atoms. The molecule has 0 saturated carbocycles. The molecule has 4 heterocycles. The van der Waals surface area contributed by atoms with Gasteiger partial charge in [0.2, 0.25) is 11.8 Å². The van der Waals surface area contributed by atoms with Gasteiger partial charge in [-0.15, -0.1) is 11.3 Å². The maximum absolute atomic E-state index is 13.5. The minimum absolute atomic E-state index is 0.130. The largest absolute Gasteiger partial charge is 0.453 e. The Labute approximate surface area is 339 Å². The normalized spacial score (nSPS) is 17.6. The molecule has 6 rings (SSSR count). The van der Waals surface area contributed by atoms with Crippen LogP contribution in [0.3, 0.4) is 0 Å². The lowest BCUT2D eigenvalue weighted by molar-refractivity contribution is -0.140. The highest BCUT2D eigenvalue weighted by atomic mass is 32.1. The summed E-state index contributed by atoms with van der Waals surface area (Å²) in [6.07, 6.45) is 2.89. The molecule has 0 aliphatic carbocycles. The lowest BCUT2D eigenvalue weighted by Gasteiger charge is -2.30. The van der Waals surface area contributed by atoms with Crippen LogP contribution in [0.15, 0.2) is 48.7 Å². The number of carbonyl (C=O) groups is 6. The molecular formula is C40H49N9O8S. The van der Waals surface area contributed by atoms with Crippen molar-refractivity contribution in [2.24, 2.45) is 11.8 Å². The van der Waals surface area contributed by atoms with Crippen molar-refractivity contribution in [2.45, 2.75) is 77.5 Å². The molecule has 2 saturated heterocycles. The third kappa shape index (κ3) is 9.22. The smallest absolute Gasteiger partial charge is 0.407 e. The van der Waals surface area contributed by atoms with Gasteiger partial charge in [-0.25, -0.2) is 24.4 Å². The quantitative estimate of drug-likeness (QED) is 0.130. The number of urea groups is 1. The zero-order valence-corrected chi connectivity index (χ0v) is 34.1. The van der Waals surface area contributed by atoms with Crippen molar-refractivity contribution in [1.82, 2.24) is 40.7 Å². The summed E-state index contributed by atoms with van der Waals surface area (Å²) in [5, 5.41) is 11.1. The van der Waals surface area contributed by atoms with Gasteiger partial charge in [-0.1, -0.05) is 52.0 Å². The Bertz CT molecular complexity index is 2170. The van der Waals surface area contributed by atoms with E-state index in [1.165, 1.54) is 30.5 Å². The summed E-state index contributed by atoms with van der Waals surface area (Å²) in [4.78, 5) is 92.8. The van der Waals surface area contributed by atoms with Gasteiger partial charge in [0.25, 0.3) is 5.91 Å². The van der Waals surface area contributed by atoms with Crippen LogP contribution in [0.4, 0.5) is 20.1 Å². The molecule has 18 heteroatoms. The predicted octanol–water partition coefficient (Wildman–Crippen LogP) is 5.42. The lowest BCUT2D eigenvalue weighted by Crippen LogP contribution is -2.55. The van der Waals surface area contributed by atoms with Crippen LogP contribution in [0.25, 0.3) is 32.0 Å². The van der Waals surface area contributed by atoms with Crippen molar-refractivity contribution in [3.8, 4) is 21.8 Å². The highest BCUT2D eigenvalue weighted by Crippen LogP contribution is 2.35. The van der Waals surface area contributed by atoms with Gasteiger partial charge in [0.05, 0.1) is 42.4 Å². The number of benzene rings is 2. The monoisotopic (exact) mass is 815 g/mol. The van der Waals surface area contributed by atoms with E-state index in [4.69, 9.17) is 9.72 Å². The van der Waals surface area contributed by atoms with Crippen LogP contribution in [0, 0.1) is 11.8 Å². The van der Waals surface area contributed by atoms with Crippen LogP contribution in [-0.2, 0) is 23.9 Å². The number of aromatic amines is 1. The van der Waals surface area contributed by atoms with Crippen LogP contribution in [0.5, 0.6) is 0 Å². The maximum Gasteiger partial charge on any atom is 0.407 e. The Kier molecular flexibility index (Phi) is 12.9. The maximum atomic E-state index is 13.5. The summed E-state index contributed by atoms with van der Waals surface area (Å²) in [7, 11) is 2.48. The fraction of sp³-hybridized carbons (Fsp3) is 0.450. The summed E-state index contributed by atoms with van der Waals surface area (Å²) in [5.41, 5.74) is 3.80. The standard InChI is InChI=1S/C40H49N9O8S/c1-21(2)31(45-39(54)56-5)36(51)48-17-7-9-28(48)33-41-20-27(43-33)23-11-13-24(14-12-23)35-44-26-16-15-25(19-30(26)58-35)42-38(53)47-34(50)29-10-8-18-49(29)37(52)32(22(3)4)46-40(55)57-6/h11-16,19-22,28-29,31-32H,7-10,17-18H2,1-6H3,(H,41,43)(H,45,54)(H,46,55)(H2,42,47,50,53)/t28-,29-,31?,32-/m0/s1. The SMILES string of the molecule is COC(=O)NC(C(=O)N1CCC[C@H]1c1ncc(-c2ccc(-c3nc4ccc(NC(=O)NC(=O)[C@@H]5CCCN5C(=O)[C@@H](NC(=O)OC)C(C)C)cc4s3)cc2)[nH]1)C(C)C. The van der Waals surface area contributed by atoms with E-state index in [-0.39, 0.29) is 23.8 Å². The molecule has 4 aromatic rings. The molecule has 2 aliphatic heterocycles. The van der Waals surface area contributed by atoms with Gasteiger partial charge < -0.3 is 40.2 Å². The topological polar surface area (TPSA) is 217 Å². The van der Waals surface area contributed by atoms with Crippen molar-refractivity contribution in [3.05, 3.63) is 54.5 Å². The zero-order valence-electron chi connectivity index (χ0n) is 33.3. The number of nitrogens with zero attached hydrogens (tertiary/aromatic N) is 4. The van der Waals surface area contributed by atoms with Gasteiger partial charge in [0, 0.05) is 24.3 Å². The number of alkyl carbamates (subject to hydrolysis) is 2. The number of hydrogen-bond acceptors (Lipinski definition) is 11. The van der Waals surface area contributed by atoms with Crippen molar-refractivity contribution >= 4 is 63.2 Å². The van der Waals surface area contributed by atoms with Gasteiger partial charge >= 0.3 is 18.2 Å². The molecule has 0 bridgehead atoms. The third-order valence-electron chi connectivity index (χ3n) is 10.4. The number of carbonyl (C=O) groups excluding carboxylic acids is 6. The van der Waals surface area contributed by atoms with Crippen LogP contribution in [0.2, 0.25) is 0 Å². The number of imide groups is 1. The second kappa shape index (κ2) is 18.0. The first-order chi connectivity index (χ1) is 27.8. The Hall–Kier alpha value is -6.04. The molecule has 1 unspecified atom stereocenters. The van der Waals surface area contributed by atoms with Crippen molar-refractivity contribution in [2.75, 3.05) is 32.6 Å². The van der Waals surface area contributed by atoms with Crippen LogP contribution >= 0.6 is 11.3 Å². The Morgan fingerprint density at radius 1 is 0.810 bits per heavy atom. The Morgan fingerprint density at radius 2 is 1.41 bits per heavy atom. The van der Waals surface area contributed by atoms with Gasteiger partial charge in [-0.3, -0.25) is 19.7 Å². The van der Waals surface area contributed by atoms with E-state index in [0.29, 0.717) is 37.4 Å². The number of nitrogens with one attached hydrogen (secondary N) is 5. The molecule has 7 amide bonds. The van der Waals surface area contributed by atoms with E-state index in [9.17, 15) is 28.8 Å². The Balaban J connectivity index is 1.07. The molecule has 2 aromatic carbocycles. The number of rotatable bonds is 11. The second-order valence-electron chi connectivity index (χ2n) is 15.0. The minimum Gasteiger partial charge on any atom is -0.453 e. The summed E-state index contributed by atoms with van der Waals surface area (Å²) < 4.78 is 10.2. The number of methoxy groups -OCH3 is 2. The first-order valence-corrected chi connectivity index (χ1v) is 20.1. The van der Waals surface area contributed by atoms with E-state index in [0.717, 1.165) is 44.9 Å². The van der Waals surface area contributed by atoms with Crippen LogP contribution < -0.4 is 21.3 Å². The molecule has 2 aromatic heterocycles. The Morgan fingerprint density at radius 3 is 2.05 bits per heavy atom. The fourth-order valence-electron chi connectivity index (χ4n) is 7.30. The molecule has 5 N–H and O–H groups in total. The molecule has 0 radical (unpaired) electrons. The van der Waals surface area contributed by atoms with Crippen LogP contribution in [0.1, 0.15) is 65.2 Å². The van der Waals surface area contributed by atoms with Gasteiger partial charge in [-0.2, -0.15) is 0 Å². The first-order valence-electron chi connectivity index (χ1n) is 19.3. The number of imidazole rings is 1. The third-order valence-corrected chi connectivity index (χ3v) is 11.5. The van der Waals surface area contributed by atoms with E-state index < -0.39 is 48.2 Å². The number of fused-ring (bicyclic) bond motifs is 1.